The van der Waals surface area contributed by atoms with Crippen molar-refractivity contribution in [1.29, 1.82) is 0 Å². The zero-order valence-electron chi connectivity index (χ0n) is 9.80. The summed E-state index contributed by atoms with van der Waals surface area (Å²) in [5.74, 6) is 1.32. The van der Waals surface area contributed by atoms with Crippen LogP contribution in [0, 0.1) is 5.92 Å². The Morgan fingerprint density at radius 3 is 3.24 bits per heavy atom. The van der Waals surface area contributed by atoms with Gasteiger partial charge in [-0.25, -0.2) is 0 Å². The summed E-state index contributed by atoms with van der Waals surface area (Å²) >= 11 is 0. The molecule has 0 spiro atoms. The van der Waals surface area contributed by atoms with Crippen molar-refractivity contribution in [3.63, 3.8) is 0 Å². The maximum atomic E-state index is 12.3. The highest BCUT2D eigenvalue weighted by Gasteiger charge is 2.28. The van der Waals surface area contributed by atoms with Crippen molar-refractivity contribution in [3.05, 3.63) is 12.2 Å². The van der Waals surface area contributed by atoms with Crippen LogP contribution in [0.5, 0.6) is 0 Å². The van der Waals surface area contributed by atoms with Crippen molar-refractivity contribution in [2.24, 2.45) is 5.92 Å². The Morgan fingerprint density at radius 1 is 1.47 bits per heavy atom. The van der Waals surface area contributed by atoms with Gasteiger partial charge in [0, 0.05) is 19.6 Å². The van der Waals surface area contributed by atoms with Crippen LogP contribution < -0.4 is 5.32 Å². The highest BCUT2D eigenvalue weighted by Crippen LogP contribution is 2.17. The minimum Gasteiger partial charge on any atom is -0.333 e. The van der Waals surface area contributed by atoms with Gasteiger partial charge in [0.05, 0.1) is 12.5 Å². The average molecular weight is 235 g/mol. The van der Waals surface area contributed by atoms with Gasteiger partial charge in [-0.05, 0) is 19.4 Å². The molecule has 6 nitrogen and oxygen atoms in total. The van der Waals surface area contributed by atoms with E-state index in [1.54, 1.807) is 6.33 Å². The first kappa shape index (κ1) is 10.7. The van der Waals surface area contributed by atoms with Gasteiger partial charge in [-0.15, -0.1) is 10.2 Å². The number of piperidine rings is 1. The molecule has 1 fully saturated rings. The normalized spacial score (nSPS) is 24.5. The molecule has 1 aromatic rings. The number of nitrogens with one attached hydrogen (secondary N) is 1. The Labute approximate surface area is 100 Å². The van der Waals surface area contributed by atoms with Gasteiger partial charge in [-0.2, -0.15) is 0 Å². The van der Waals surface area contributed by atoms with E-state index in [1.807, 2.05) is 9.47 Å². The number of aromatic nitrogens is 3. The summed E-state index contributed by atoms with van der Waals surface area (Å²) in [5.41, 5.74) is 0. The van der Waals surface area contributed by atoms with Crippen molar-refractivity contribution >= 4 is 5.91 Å². The summed E-state index contributed by atoms with van der Waals surface area (Å²) in [6, 6.07) is 0. The quantitative estimate of drug-likeness (QED) is 0.720. The van der Waals surface area contributed by atoms with Crippen LogP contribution >= 0.6 is 0 Å². The van der Waals surface area contributed by atoms with Crippen LogP contribution in [0.4, 0.5) is 0 Å². The summed E-state index contributed by atoms with van der Waals surface area (Å²) in [6.07, 6.45) is 3.84. The van der Waals surface area contributed by atoms with Crippen LogP contribution in [-0.2, 0) is 17.9 Å². The zero-order chi connectivity index (χ0) is 11.7. The fraction of sp³-hybridized carbons (Fsp3) is 0.727. The fourth-order valence-electron chi connectivity index (χ4n) is 2.58. The summed E-state index contributed by atoms with van der Waals surface area (Å²) in [7, 11) is 0. The van der Waals surface area contributed by atoms with E-state index in [4.69, 9.17) is 0 Å². The van der Waals surface area contributed by atoms with Crippen LogP contribution in [-0.4, -0.2) is 45.2 Å². The Kier molecular flexibility index (Phi) is 2.80. The lowest BCUT2D eigenvalue weighted by Crippen LogP contribution is -2.45. The highest BCUT2D eigenvalue weighted by atomic mass is 16.2. The van der Waals surface area contributed by atoms with Gasteiger partial charge < -0.3 is 14.8 Å². The molecule has 1 aromatic heterocycles. The van der Waals surface area contributed by atoms with E-state index >= 15 is 0 Å². The monoisotopic (exact) mass is 235 g/mol. The second kappa shape index (κ2) is 4.44. The van der Waals surface area contributed by atoms with Crippen LogP contribution in [0.3, 0.4) is 0 Å². The van der Waals surface area contributed by atoms with Crippen molar-refractivity contribution < 1.29 is 4.79 Å². The largest absolute Gasteiger partial charge is 0.333 e. The summed E-state index contributed by atoms with van der Waals surface area (Å²) < 4.78 is 2.02. The molecule has 2 aliphatic rings. The molecule has 1 N–H and O–H groups in total. The number of hydrogen-bond donors (Lipinski definition) is 1. The fourth-order valence-corrected chi connectivity index (χ4v) is 2.58. The molecule has 0 saturated carbocycles. The molecular formula is C11H17N5O. The Balaban J connectivity index is 1.67. The molecule has 6 heteroatoms. The van der Waals surface area contributed by atoms with E-state index in [-0.39, 0.29) is 11.8 Å². The molecule has 3 heterocycles. The smallest absolute Gasteiger partial charge is 0.227 e. The minimum atomic E-state index is 0.151. The van der Waals surface area contributed by atoms with Crippen LogP contribution in [0.2, 0.25) is 0 Å². The maximum Gasteiger partial charge on any atom is 0.227 e. The summed E-state index contributed by atoms with van der Waals surface area (Å²) in [5, 5.41) is 11.2. The number of hydrogen-bond acceptors (Lipinski definition) is 4. The first-order chi connectivity index (χ1) is 8.34. The van der Waals surface area contributed by atoms with E-state index in [2.05, 4.69) is 15.5 Å². The van der Waals surface area contributed by atoms with Gasteiger partial charge >= 0.3 is 0 Å². The second-order valence-electron chi connectivity index (χ2n) is 4.74. The first-order valence-electron chi connectivity index (χ1n) is 6.21. The third-order valence-corrected chi connectivity index (χ3v) is 3.60. The molecular weight excluding hydrogens is 218 g/mol. The van der Waals surface area contributed by atoms with Crippen LogP contribution in [0.1, 0.15) is 18.7 Å². The number of amides is 1. The molecule has 1 atom stereocenters. The predicted molar refractivity (Wildman–Crippen MR) is 61.0 cm³/mol. The third-order valence-electron chi connectivity index (χ3n) is 3.60. The Bertz CT molecular complexity index is 410. The molecule has 0 unspecified atom stereocenters. The van der Waals surface area contributed by atoms with E-state index in [0.717, 1.165) is 44.8 Å². The van der Waals surface area contributed by atoms with Crippen molar-refractivity contribution in [2.75, 3.05) is 19.6 Å². The molecule has 0 radical (unpaired) electrons. The lowest BCUT2D eigenvalue weighted by atomic mass is 9.98. The van der Waals surface area contributed by atoms with E-state index in [1.165, 1.54) is 0 Å². The second-order valence-corrected chi connectivity index (χ2v) is 4.74. The number of fused-ring (bicyclic) bond motifs is 1. The standard InChI is InChI=1S/C11H17N5O/c17-11(9-2-1-3-12-6-9)15-4-5-16-8-13-14-10(16)7-15/h8-9,12H,1-7H2/t9-/m1/s1. The lowest BCUT2D eigenvalue weighted by molar-refractivity contribution is -0.137. The lowest BCUT2D eigenvalue weighted by Gasteiger charge is -2.32. The molecule has 92 valence electrons. The van der Waals surface area contributed by atoms with Crippen LogP contribution in [0.15, 0.2) is 6.33 Å². The molecule has 1 saturated heterocycles. The molecule has 2 aliphatic heterocycles. The van der Waals surface area contributed by atoms with E-state index in [0.29, 0.717) is 6.54 Å². The van der Waals surface area contributed by atoms with Gasteiger partial charge in [-0.3, -0.25) is 4.79 Å². The van der Waals surface area contributed by atoms with Gasteiger partial charge in [0.1, 0.15) is 6.33 Å². The number of carbonyl (C=O) groups is 1. The maximum absolute atomic E-state index is 12.3. The topological polar surface area (TPSA) is 63.1 Å². The van der Waals surface area contributed by atoms with Crippen molar-refractivity contribution in [1.82, 2.24) is 25.0 Å². The molecule has 1 amide bonds. The van der Waals surface area contributed by atoms with Gasteiger partial charge in [-0.1, -0.05) is 0 Å². The molecule has 17 heavy (non-hydrogen) atoms. The average Bonchev–Trinajstić information content (AvgIpc) is 2.86. The Hall–Kier alpha value is -1.43. The third kappa shape index (κ3) is 2.04. The number of rotatable bonds is 1. The van der Waals surface area contributed by atoms with Crippen molar-refractivity contribution in [3.8, 4) is 0 Å². The van der Waals surface area contributed by atoms with Crippen molar-refractivity contribution in [2.45, 2.75) is 25.9 Å². The summed E-state index contributed by atoms with van der Waals surface area (Å²) in [6.45, 7) is 4.06. The highest BCUT2D eigenvalue weighted by molar-refractivity contribution is 5.79. The first-order valence-corrected chi connectivity index (χ1v) is 6.21. The summed E-state index contributed by atoms with van der Waals surface area (Å²) in [4.78, 5) is 14.2. The SMILES string of the molecule is O=C([C@@H]1CCCNC1)N1CCn2cnnc2C1. The molecule has 3 rings (SSSR count). The number of carbonyl (C=O) groups excluding carboxylic acids is 1. The van der Waals surface area contributed by atoms with Crippen LogP contribution in [0.25, 0.3) is 0 Å². The molecule has 0 bridgehead atoms. The van der Waals surface area contributed by atoms with Gasteiger partial charge in [0.15, 0.2) is 5.82 Å². The van der Waals surface area contributed by atoms with E-state index < -0.39 is 0 Å². The molecule has 0 aliphatic carbocycles. The van der Waals surface area contributed by atoms with Gasteiger partial charge in [0.25, 0.3) is 0 Å². The Morgan fingerprint density at radius 2 is 2.41 bits per heavy atom. The van der Waals surface area contributed by atoms with Gasteiger partial charge in [0.2, 0.25) is 5.91 Å². The number of nitrogens with zero attached hydrogens (tertiary/aromatic N) is 4. The predicted octanol–water partition coefficient (Wildman–Crippen LogP) is -0.380. The zero-order valence-corrected chi connectivity index (χ0v) is 9.80. The van der Waals surface area contributed by atoms with E-state index in [9.17, 15) is 4.79 Å². The molecule has 0 aromatic carbocycles. The minimum absolute atomic E-state index is 0.151.